The Kier molecular flexibility index (Phi) is 5.72. The summed E-state index contributed by atoms with van der Waals surface area (Å²) in [5.41, 5.74) is -0.990. The molecule has 4 N–H and O–H groups in total. The molecule has 0 saturated heterocycles. The SMILES string of the molecule is CN(CCO)CC(O)C1CC[C@@]2(O)C3=CC(=O)C4CCC(O)CC4(C)C3CCC12C. The monoisotopic (exact) mass is 421 g/mol. The smallest absolute Gasteiger partial charge is 0.159 e. The van der Waals surface area contributed by atoms with Crippen LogP contribution in [0.15, 0.2) is 11.6 Å². The Morgan fingerprint density at radius 1 is 1.17 bits per heavy atom. The normalized spacial score (nSPS) is 46.8. The maximum atomic E-state index is 13.1. The van der Waals surface area contributed by atoms with Gasteiger partial charge in [0.1, 0.15) is 0 Å². The zero-order valence-electron chi connectivity index (χ0n) is 18.7. The minimum Gasteiger partial charge on any atom is -0.395 e. The Bertz CT molecular complexity index is 724. The van der Waals surface area contributed by atoms with Crippen LogP contribution in [0.3, 0.4) is 0 Å². The van der Waals surface area contributed by atoms with Gasteiger partial charge >= 0.3 is 0 Å². The molecule has 0 heterocycles. The van der Waals surface area contributed by atoms with E-state index < -0.39 is 17.1 Å². The predicted molar refractivity (Wildman–Crippen MR) is 114 cm³/mol. The van der Waals surface area contributed by atoms with E-state index in [1.165, 1.54) is 0 Å². The number of likely N-dealkylation sites (N-methyl/N-ethyl adjacent to an activating group) is 1. The van der Waals surface area contributed by atoms with Crippen molar-refractivity contribution in [3.63, 3.8) is 0 Å². The van der Waals surface area contributed by atoms with Gasteiger partial charge in [0.15, 0.2) is 5.78 Å². The fourth-order valence-electron chi connectivity index (χ4n) is 7.81. The average molecular weight is 422 g/mol. The van der Waals surface area contributed by atoms with Crippen LogP contribution in [0, 0.1) is 28.6 Å². The number of carbonyl (C=O) groups excluding carboxylic acids is 1. The van der Waals surface area contributed by atoms with E-state index in [4.69, 9.17) is 5.11 Å². The van der Waals surface area contributed by atoms with Crippen LogP contribution >= 0.6 is 0 Å². The van der Waals surface area contributed by atoms with E-state index in [0.29, 0.717) is 32.4 Å². The van der Waals surface area contributed by atoms with Crippen molar-refractivity contribution >= 4 is 5.78 Å². The van der Waals surface area contributed by atoms with Crippen molar-refractivity contribution in [2.24, 2.45) is 28.6 Å². The van der Waals surface area contributed by atoms with E-state index in [1.807, 2.05) is 11.9 Å². The van der Waals surface area contributed by atoms with Crippen molar-refractivity contribution in [2.45, 2.75) is 76.6 Å². The zero-order chi connectivity index (χ0) is 21.9. The number of carbonyl (C=O) groups is 1. The molecule has 6 heteroatoms. The molecule has 7 unspecified atom stereocenters. The lowest BCUT2D eigenvalue weighted by Crippen LogP contribution is -2.60. The van der Waals surface area contributed by atoms with Crippen molar-refractivity contribution < 1.29 is 25.2 Å². The summed E-state index contributed by atoms with van der Waals surface area (Å²) in [6.07, 6.45) is 5.80. The Morgan fingerprint density at radius 3 is 2.60 bits per heavy atom. The van der Waals surface area contributed by atoms with Crippen LogP contribution in [-0.2, 0) is 4.79 Å². The van der Waals surface area contributed by atoms with E-state index in [2.05, 4.69) is 13.8 Å². The highest BCUT2D eigenvalue weighted by molar-refractivity contribution is 5.95. The molecule has 0 spiro atoms. The first kappa shape index (κ1) is 22.4. The van der Waals surface area contributed by atoms with Gasteiger partial charge in [-0.2, -0.15) is 0 Å². The number of aliphatic hydroxyl groups is 4. The van der Waals surface area contributed by atoms with Crippen molar-refractivity contribution in [1.82, 2.24) is 4.90 Å². The van der Waals surface area contributed by atoms with Gasteiger partial charge in [0.25, 0.3) is 0 Å². The molecule has 0 bridgehead atoms. The van der Waals surface area contributed by atoms with Crippen LogP contribution in [0.4, 0.5) is 0 Å². The van der Waals surface area contributed by atoms with Gasteiger partial charge in [-0.25, -0.2) is 0 Å². The molecule has 8 atom stereocenters. The molecule has 4 aliphatic carbocycles. The van der Waals surface area contributed by atoms with Crippen LogP contribution < -0.4 is 0 Å². The topological polar surface area (TPSA) is 101 Å². The van der Waals surface area contributed by atoms with Crippen molar-refractivity contribution in [3.8, 4) is 0 Å². The van der Waals surface area contributed by atoms with Gasteiger partial charge < -0.3 is 25.3 Å². The molecule has 4 rings (SSSR count). The lowest BCUT2D eigenvalue weighted by atomic mass is 9.46. The molecule has 0 amide bonds. The highest BCUT2D eigenvalue weighted by Gasteiger charge is 2.66. The molecule has 0 radical (unpaired) electrons. The summed E-state index contributed by atoms with van der Waals surface area (Å²) in [4.78, 5) is 15.0. The largest absolute Gasteiger partial charge is 0.395 e. The van der Waals surface area contributed by atoms with Crippen molar-refractivity contribution in [2.75, 3.05) is 26.7 Å². The highest BCUT2D eigenvalue weighted by Crippen LogP contribution is 2.67. The zero-order valence-corrected chi connectivity index (χ0v) is 18.7. The number of rotatable bonds is 5. The van der Waals surface area contributed by atoms with E-state index in [-0.39, 0.29) is 41.7 Å². The Hall–Kier alpha value is -0.790. The molecule has 170 valence electrons. The predicted octanol–water partition coefficient (Wildman–Crippen LogP) is 1.51. The fraction of sp³-hybridized carbons (Fsp3) is 0.875. The Morgan fingerprint density at radius 2 is 1.90 bits per heavy atom. The highest BCUT2D eigenvalue weighted by atomic mass is 16.3. The van der Waals surface area contributed by atoms with Crippen molar-refractivity contribution in [1.29, 1.82) is 0 Å². The maximum absolute atomic E-state index is 13.1. The molecule has 0 aromatic rings. The van der Waals surface area contributed by atoms with Crippen LogP contribution in [0.5, 0.6) is 0 Å². The van der Waals surface area contributed by atoms with E-state index in [0.717, 1.165) is 31.3 Å². The first-order valence-electron chi connectivity index (χ1n) is 11.7. The summed E-state index contributed by atoms with van der Waals surface area (Å²) >= 11 is 0. The number of ketones is 1. The molecule has 30 heavy (non-hydrogen) atoms. The van der Waals surface area contributed by atoms with Gasteiger partial charge in [-0.05, 0) is 80.9 Å². The molecule has 0 aromatic carbocycles. The standard InChI is InChI=1S/C24H39NO5/c1-22-13-15(27)4-5-17(22)20(28)12-19-16(22)6-8-23(2)18(7-9-24(19,23)30)21(29)14-25(3)10-11-26/h12,15-18,21,26-27,29-30H,4-11,13-14H2,1-3H3/t15?,16?,17?,18?,21?,22?,23?,24-/m1/s1. The van der Waals surface area contributed by atoms with Gasteiger partial charge in [0, 0.05) is 24.4 Å². The summed E-state index contributed by atoms with van der Waals surface area (Å²) in [7, 11) is 1.89. The van der Waals surface area contributed by atoms with E-state index in [1.54, 1.807) is 6.08 Å². The number of hydrogen-bond acceptors (Lipinski definition) is 6. The second-order valence-electron chi connectivity index (χ2n) is 11.1. The quantitative estimate of drug-likeness (QED) is 0.537. The van der Waals surface area contributed by atoms with E-state index in [9.17, 15) is 20.1 Å². The summed E-state index contributed by atoms with van der Waals surface area (Å²) in [6, 6.07) is 0. The molecule has 6 nitrogen and oxygen atoms in total. The fourth-order valence-corrected chi connectivity index (χ4v) is 7.81. The van der Waals surface area contributed by atoms with Crippen LogP contribution in [0.2, 0.25) is 0 Å². The van der Waals surface area contributed by atoms with Gasteiger partial charge in [0.05, 0.1) is 24.4 Å². The molecule has 3 fully saturated rings. The summed E-state index contributed by atoms with van der Waals surface area (Å²) in [5, 5.41) is 42.6. The minimum absolute atomic E-state index is 0.0527. The third-order valence-corrected chi connectivity index (χ3v) is 9.53. The molecular formula is C24H39NO5. The number of allylic oxidation sites excluding steroid dienone is 1. The second kappa shape index (κ2) is 7.66. The summed E-state index contributed by atoms with van der Waals surface area (Å²) < 4.78 is 0. The number of fused-ring (bicyclic) bond motifs is 5. The molecule has 0 aliphatic heterocycles. The first-order chi connectivity index (χ1) is 14.1. The third kappa shape index (κ3) is 3.14. The molecule has 4 aliphatic rings. The lowest BCUT2D eigenvalue weighted by molar-refractivity contribution is -0.143. The number of aliphatic hydroxyl groups excluding tert-OH is 3. The summed E-state index contributed by atoms with van der Waals surface area (Å²) in [6.45, 7) is 5.26. The Balaban J connectivity index is 1.65. The van der Waals surface area contributed by atoms with Gasteiger partial charge in [-0.15, -0.1) is 0 Å². The van der Waals surface area contributed by atoms with Crippen LogP contribution in [-0.4, -0.2) is 75.7 Å². The number of hydrogen-bond donors (Lipinski definition) is 4. The number of nitrogens with zero attached hydrogens (tertiary/aromatic N) is 1. The van der Waals surface area contributed by atoms with Crippen molar-refractivity contribution in [3.05, 3.63) is 11.6 Å². The van der Waals surface area contributed by atoms with Gasteiger partial charge in [-0.3, -0.25) is 4.79 Å². The van der Waals surface area contributed by atoms with Crippen LogP contribution in [0.1, 0.15) is 58.8 Å². The summed E-state index contributed by atoms with van der Waals surface area (Å²) in [5.74, 6) is 0.113. The molecular weight excluding hydrogens is 382 g/mol. The maximum Gasteiger partial charge on any atom is 0.159 e. The average Bonchev–Trinajstić information content (AvgIpc) is 2.93. The second-order valence-corrected chi connectivity index (χ2v) is 11.1. The van der Waals surface area contributed by atoms with Crippen LogP contribution in [0.25, 0.3) is 0 Å². The van der Waals surface area contributed by atoms with Gasteiger partial charge in [-0.1, -0.05) is 13.8 Å². The van der Waals surface area contributed by atoms with E-state index >= 15 is 0 Å². The Labute approximate surface area is 180 Å². The molecule has 3 saturated carbocycles. The van der Waals surface area contributed by atoms with Gasteiger partial charge in [0.2, 0.25) is 0 Å². The third-order valence-electron chi connectivity index (χ3n) is 9.53. The lowest BCUT2D eigenvalue weighted by Gasteiger charge is -2.59. The first-order valence-corrected chi connectivity index (χ1v) is 11.7. The molecule has 0 aromatic heterocycles. The minimum atomic E-state index is -1.08.